The minimum atomic E-state index is -0.900. The number of nitrogens with zero attached hydrogens (tertiary/aromatic N) is 1. The maximum absolute atomic E-state index is 14.5. The summed E-state index contributed by atoms with van der Waals surface area (Å²) in [6, 6.07) is 5.73. The molecule has 0 saturated heterocycles. The summed E-state index contributed by atoms with van der Waals surface area (Å²) in [7, 11) is 0. The summed E-state index contributed by atoms with van der Waals surface area (Å²) < 4.78 is 21.5. The average Bonchev–Trinajstić information content (AvgIpc) is 2.64. The fraction of sp³-hybridized carbons (Fsp3) is 0.429. The van der Waals surface area contributed by atoms with E-state index in [1.54, 1.807) is 11.5 Å². The van der Waals surface area contributed by atoms with Gasteiger partial charge in [0.2, 0.25) is 5.43 Å². The van der Waals surface area contributed by atoms with Gasteiger partial charge in [0.1, 0.15) is 5.56 Å². The van der Waals surface area contributed by atoms with Crippen LogP contribution in [0.25, 0.3) is 0 Å². The van der Waals surface area contributed by atoms with Crippen LogP contribution in [0.3, 0.4) is 0 Å². The second-order valence-corrected chi connectivity index (χ2v) is 6.45. The molecule has 1 aromatic carbocycles. The fourth-order valence-electron chi connectivity index (χ4n) is 3.22. The van der Waals surface area contributed by atoms with Crippen molar-refractivity contribution in [1.29, 1.82) is 0 Å². The first kappa shape index (κ1) is 20.8. The Balaban J connectivity index is 2.49. The molecular formula is C21H27FN2O3. The highest BCUT2D eigenvalue weighted by Gasteiger charge is 2.23. The molecule has 27 heavy (non-hydrogen) atoms. The van der Waals surface area contributed by atoms with Crippen molar-refractivity contribution in [3.05, 3.63) is 62.3 Å². The van der Waals surface area contributed by atoms with E-state index >= 15 is 0 Å². The van der Waals surface area contributed by atoms with E-state index in [2.05, 4.69) is 5.32 Å². The van der Waals surface area contributed by atoms with E-state index in [1.807, 2.05) is 39.0 Å². The third kappa shape index (κ3) is 4.27. The van der Waals surface area contributed by atoms with E-state index in [4.69, 9.17) is 4.74 Å². The van der Waals surface area contributed by atoms with Crippen molar-refractivity contribution < 1.29 is 13.9 Å². The van der Waals surface area contributed by atoms with Gasteiger partial charge in [-0.15, -0.1) is 0 Å². The summed E-state index contributed by atoms with van der Waals surface area (Å²) in [6.07, 6.45) is 0.733. The Kier molecular flexibility index (Phi) is 6.91. The number of ether oxygens (including phenoxy) is 1. The van der Waals surface area contributed by atoms with Crippen LogP contribution < -0.4 is 10.7 Å². The number of carbonyl (C=O) groups is 1. The highest BCUT2D eigenvalue weighted by Crippen LogP contribution is 2.22. The van der Waals surface area contributed by atoms with Gasteiger partial charge >= 0.3 is 0 Å². The van der Waals surface area contributed by atoms with Crippen LogP contribution in [0.15, 0.2) is 23.0 Å². The van der Waals surface area contributed by atoms with Crippen LogP contribution in [0.5, 0.6) is 0 Å². The van der Waals surface area contributed by atoms with Crippen LogP contribution in [0.4, 0.5) is 10.1 Å². The van der Waals surface area contributed by atoms with Crippen molar-refractivity contribution in [3.63, 3.8) is 0 Å². The summed E-state index contributed by atoms with van der Waals surface area (Å²) in [5.41, 5.74) is 2.13. The molecule has 0 radical (unpaired) electrons. The molecule has 0 spiro atoms. The Bertz CT molecular complexity index is 903. The number of benzene rings is 1. The van der Waals surface area contributed by atoms with E-state index in [0.29, 0.717) is 31.1 Å². The van der Waals surface area contributed by atoms with Gasteiger partial charge in [-0.1, -0.05) is 25.1 Å². The van der Waals surface area contributed by atoms with Crippen molar-refractivity contribution in [2.75, 3.05) is 18.5 Å². The van der Waals surface area contributed by atoms with Crippen molar-refractivity contribution >= 4 is 11.6 Å². The molecule has 0 saturated carbocycles. The van der Waals surface area contributed by atoms with Crippen LogP contribution >= 0.6 is 0 Å². The van der Waals surface area contributed by atoms with E-state index in [9.17, 15) is 14.0 Å². The Morgan fingerprint density at radius 2 is 1.89 bits per heavy atom. The molecule has 5 nitrogen and oxygen atoms in total. The number of halogens is 1. The minimum absolute atomic E-state index is 0.167. The lowest BCUT2D eigenvalue weighted by atomic mass is 10.0. The average molecular weight is 374 g/mol. The third-order valence-corrected chi connectivity index (χ3v) is 4.78. The second-order valence-electron chi connectivity index (χ2n) is 6.45. The normalized spacial score (nSPS) is 10.9. The highest BCUT2D eigenvalue weighted by atomic mass is 19.1. The third-order valence-electron chi connectivity index (χ3n) is 4.78. The first-order valence-electron chi connectivity index (χ1n) is 9.20. The summed E-state index contributed by atoms with van der Waals surface area (Å²) in [6.45, 7) is 10.2. The lowest BCUT2D eigenvalue weighted by Gasteiger charge is -2.19. The molecule has 2 rings (SSSR count). The largest absolute Gasteiger partial charge is 0.380 e. The van der Waals surface area contributed by atoms with Crippen LogP contribution in [0.2, 0.25) is 0 Å². The van der Waals surface area contributed by atoms with Crippen molar-refractivity contribution in [2.45, 2.75) is 47.6 Å². The van der Waals surface area contributed by atoms with Gasteiger partial charge in [-0.3, -0.25) is 9.59 Å². The monoisotopic (exact) mass is 374 g/mol. The molecule has 0 unspecified atom stereocenters. The molecule has 0 fully saturated rings. The van der Waals surface area contributed by atoms with E-state index < -0.39 is 17.2 Å². The zero-order chi connectivity index (χ0) is 20.1. The summed E-state index contributed by atoms with van der Waals surface area (Å²) >= 11 is 0. The van der Waals surface area contributed by atoms with Crippen molar-refractivity contribution in [2.24, 2.45) is 0 Å². The van der Waals surface area contributed by atoms with Gasteiger partial charge in [-0.25, -0.2) is 4.39 Å². The second kappa shape index (κ2) is 8.95. The minimum Gasteiger partial charge on any atom is -0.380 e. The Labute approximate surface area is 159 Å². The predicted octanol–water partition coefficient (Wildman–Crippen LogP) is 3.76. The van der Waals surface area contributed by atoms with E-state index in [-0.39, 0.29) is 11.3 Å². The molecule has 1 heterocycles. The fourth-order valence-corrected chi connectivity index (χ4v) is 3.22. The molecule has 1 N–H and O–H groups in total. The van der Waals surface area contributed by atoms with Gasteiger partial charge in [0.15, 0.2) is 5.82 Å². The zero-order valence-corrected chi connectivity index (χ0v) is 16.6. The topological polar surface area (TPSA) is 60.3 Å². The number of aryl methyl sites for hydroxylation is 2. The van der Waals surface area contributed by atoms with Gasteiger partial charge < -0.3 is 14.6 Å². The molecule has 1 amide bonds. The Morgan fingerprint density at radius 1 is 1.19 bits per heavy atom. The molecule has 1 aromatic heterocycles. The van der Waals surface area contributed by atoms with Crippen molar-refractivity contribution in [1.82, 2.24) is 4.57 Å². The Hall–Kier alpha value is -2.47. The molecule has 0 atom stereocenters. The SMILES string of the molecule is CCOCCn1c(C)c(F)c(=O)c(C(=O)Nc2c(C)cccc2CC)c1C. The summed E-state index contributed by atoms with van der Waals surface area (Å²) in [4.78, 5) is 25.4. The van der Waals surface area contributed by atoms with Gasteiger partial charge in [0.05, 0.1) is 12.3 Å². The van der Waals surface area contributed by atoms with Gasteiger partial charge in [0.25, 0.3) is 5.91 Å². The molecule has 146 valence electrons. The molecule has 6 heteroatoms. The van der Waals surface area contributed by atoms with Gasteiger partial charge in [-0.05, 0) is 45.2 Å². The quantitative estimate of drug-likeness (QED) is 0.751. The van der Waals surface area contributed by atoms with Gasteiger partial charge in [-0.2, -0.15) is 0 Å². The predicted molar refractivity (Wildman–Crippen MR) is 105 cm³/mol. The number of carbonyl (C=O) groups excluding carboxylic acids is 1. The van der Waals surface area contributed by atoms with Crippen molar-refractivity contribution in [3.8, 4) is 0 Å². The number of pyridine rings is 1. The standard InChI is InChI=1S/C21H27FN2O3/c1-6-16-10-8-9-13(3)19(16)23-21(26)17-14(4)24(11-12-27-7-2)15(5)18(22)20(17)25/h8-10H,6-7,11-12H2,1-5H3,(H,23,26). The molecule has 0 aliphatic rings. The number of anilines is 1. The maximum atomic E-state index is 14.5. The molecule has 0 bridgehead atoms. The summed E-state index contributed by atoms with van der Waals surface area (Å²) in [5.74, 6) is -1.49. The number of amides is 1. The number of hydrogen-bond acceptors (Lipinski definition) is 3. The molecular weight excluding hydrogens is 347 g/mol. The number of rotatable bonds is 7. The first-order chi connectivity index (χ1) is 12.8. The number of nitrogens with one attached hydrogen (secondary N) is 1. The molecule has 2 aromatic rings. The summed E-state index contributed by atoms with van der Waals surface area (Å²) in [5, 5.41) is 2.82. The zero-order valence-electron chi connectivity index (χ0n) is 16.6. The molecule has 0 aliphatic heterocycles. The van der Waals surface area contributed by atoms with Gasteiger partial charge in [0, 0.05) is 24.5 Å². The first-order valence-corrected chi connectivity index (χ1v) is 9.20. The molecule has 0 aliphatic carbocycles. The lowest BCUT2D eigenvalue weighted by molar-refractivity contribution is 0.102. The van der Waals surface area contributed by atoms with Crippen LogP contribution in [-0.4, -0.2) is 23.7 Å². The number of aromatic nitrogens is 1. The highest BCUT2D eigenvalue weighted by molar-refractivity contribution is 6.05. The smallest absolute Gasteiger partial charge is 0.261 e. The van der Waals surface area contributed by atoms with Crippen LogP contribution in [-0.2, 0) is 17.7 Å². The Morgan fingerprint density at radius 3 is 2.52 bits per heavy atom. The van der Waals surface area contributed by atoms with Crippen LogP contribution in [0.1, 0.15) is 46.7 Å². The van der Waals surface area contributed by atoms with E-state index in [1.165, 1.54) is 6.92 Å². The number of para-hydroxylation sites is 1. The maximum Gasteiger partial charge on any atom is 0.261 e. The van der Waals surface area contributed by atoms with E-state index in [0.717, 1.165) is 17.5 Å². The van der Waals surface area contributed by atoms with Crippen LogP contribution in [0, 0.1) is 26.6 Å². The lowest BCUT2D eigenvalue weighted by Crippen LogP contribution is -2.31. The number of hydrogen-bond donors (Lipinski definition) is 1.